The number of carbonyl (C=O) groups excluding carboxylic acids is 1. The number of nitrogens with one attached hydrogen (secondary N) is 1. The van der Waals surface area contributed by atoms with E-state index in [-0.39, 0.29) is 29.1 Å². The summed E-state index contributed by atoms with van der Waals surface area (Å²) >= 11 is 0. The smallest absolute Gasteiger partial charge is 0.221 e. The van der Waals surface area contributed by atoms with Gasteiger partial charge in [0, 0.05) is 13.0 Å². The number of amides is 1. The lowest BCUT2D eigenvalue weighted by Gasteiger charge is -2.11. The summed E-state index contributed by atoms with van der Waals surface area (Å²) in [6.45, 7) is 4.49. The molecule has 1 aliphatic carbocycles. The van der Waals surface area contributed by atoms with Crippen LogP contribution in [0.2, 0.25) is 0 Å². The zero-order valence-corrected chi connectivity index (χ0v) is 15.3. The first kappa shape index (κ1) is 18.8. The summed E-state index contributed by atoms with van der Waals surface area (Å²) < 4.78 is 30.1. The molecule has 6 heteroatoms. The van der Waals surface area contributed by atoms with Crippen LogP contribution in [-0.2, 0) is 14.6 Å². The summed E-state index contributed by atoms with van der Waals surface area (Å²) in [5.41, 5.74) is 0. The molecule has 0 heterocycles. The second kappa shape index (κ2) is 8.51. The molecule has 0 spiro atoms. The number of hydrogen-bond acceptors (Lipinski definition) is 4. The van der Waals surface area contributed by atoms with Gasteiger partial charge in [0.15, 0.2) is 9.84 Å². The molecule has 0 radical (unpaired) electrons. The minimum absolute atomic E-state index is 0.000696. The molecule has 0 aromatic heterocycles. The fourth-order valence-electron chi connectivity index (χ4n) is 2.90. The SMILES string of the molecule is CC(C)Oc1ccc(S(=O)(=O)CCC(=O)NCC2CCCC2)cc1. The van der Waals surface area contributed by atoms with E-state index >= 15 is 0 Å². The van der Waals surface area contributed by atoms with Crippen LogP contribution in [0.15, 0.2) is 29.2 Å². The van der Waals surface area contributed by atoms with Crippen LogP contribution in [0.4, 0.5) is 0 Å². The third-order valence-corrected chi connectivity index (χ3v) is 5.95. The molecule has 5 nitrogen and oxygen atoms in total. The zero-order valence-electron chi connectivity index (χ0n) is 14.5. The Kier molecular flexibility index (Phi) is 6.66. The van der Waals surface area contributed by atoms with Gasteiger partial charge in [0.25, 0.3) is 0 Å². The van der Waals surface area contributed by atoms with Crippen LogP contribution in [0, 0.1) is 5.92 Å². The second-order valence-electron chi connectivity index (χ2n) is 6.66. The first-order chi connectivity index (χ1) is 11.4. The van der Waals surface area contributed by atoms with Crippen LogP contribution in [-0.4, -0.2) is 32.7 Å². The highest BCUT2D eigenvalue weighted by atomic mass is 32.2. The third-order valence-electron chi connectivity index (χ3n) is 4.22. The summed E-state index contributed by atoms with van der Waals surface area (Å²) in [4.78, 5) is 12.1. The lowest BCUT2D eigenvalue weighted by Crippen LogP contribution is -2.29. The van der Waals surface area contributed by atoms with Crippen LogP contribution in [0.25, 0.3) is 0 Å². The molecular weight excluding hydrogens is 326 g/mol. The van der Waals surface area contributed by atoms with Crippen LogP contribution in [0.5, 0.6) is 5.75 Å². The molecule has 24 heavy (non-hydrogen) atoms. The van der Waals surface area contributed by atoms with Gasteiger partial charge < -0.3 is 10.1 Å². The molecule has 0 unspecified atom stereocenters. The number of benzene rings is 1. The van der Waals surface area contributed by atoms with E-state index in [1.807, 2.05) is 13.8 Å². The van der Waals surface area contributed by atoms with Crippen LogP contribution in [0.1, 0.15) is 46.0 Å². The van der Waals surface area contributed by atoms with Crippen molar-refractivity contribution in [1.29, 1.82) is 0 Å². The molecule has 1 fully saturated rings. The molecule has 1 N–H and O–H groups in total. The summed E-state index contributed by atoms with van der Waals surface area (Å²) in [5.74, 6) is 0.830. The van der Waals surface area contributed by atoms with Crippen LogP contribution in [0.3, 0.4) is 0 Å². The lowest BCUT2D eigenvalue weighted by molar-refractivity contribution is -0.120. The lowest BCUT2D eigenvalue weighted by atomic mass is 10.1. The molecule has 1 saturated carbocycles. The Morgan fingerprint density at radius 3 is 2.42 bits per heavy atom. The van der Waals surface area contributed by atoms with Crippen molar-refractivity contribution in [3.05, 3.63) is 24.3 Å². The summed E-state index contributed by atoms with van der Waals surface area (Å²) in [7, 11) is -3.45. The average Bonchev–Trinajstić information content (AvgIpc) is 3.04. The highest BCUT2D eigenvalue weighted by Gasteiger charge is 2.19. The number of rotatable bonds is 8. The van der Waals surface area contributed by atoms with E-state index in [0.717, 1.165) is 12.8 Å². The van der Waals surface area contributed by atoms with E-state index < -0.39 is 9.84 Å². The molecule has 1 aromatic rings. The van der Waals surface area contributed by atoms with Gasteiger partial charge in [0.2, 0.25) is 5.91 Å². The molecule has 0 saturated heterocycles. The van der Waals surface area contributed by atoms with Gasteiger partial charge in [-0.25, -0.2) is 8.42 Å². The van der Waals surface area contributed by atoms with Crippen molar-refractivity contribution in [3.63, 3.8) is 0 Å². The quantitative estimate of drug-likeness (QED) is 0.780. The van der Waals surface area contributed by atoms with E-state index in [1.165, 1.54) is 25.0 Å². The Balaban J connectivity index is 1.82. The molecule has 0 bridgehead atoms. The van der Waals surface area contributed by atoms with Crippen molar-refractivity contribution in [1.82, 2.24) is 5.32 Å². The number of carbonyl (C=O) groups is 1. The minimum Gasteiger partial charge on any atom is -0.491 e. The Morgan fingerprint density at radius 1 is 1.21 bits per heavy atom. The number of sulfone groups is 1. The fourth-order valence-corrected chi connectivity index (χ4v) is 4.14. The van der Waals surface area contributed by atoms with Crippen molar-refractivity contribution in [2.45, 2.75) is 57.0 Å². The maximum atomic E-state index is 12.3. The average molecular weight is 353 g/mol. The van der Waals surface area contributed by atoms with Crippen molar-refractivity contribution < 1.29 is 17.9 Å². The molecule has 1 aliphatic rings. The van der Waals surface area contributed by atoms with Gasteiger partial charge >= 0.3 is 0 Å². The van der Waals surface area contributed by atoms with Gasteiger partial charge in [-0.1, -0.05) is 12.8 Å². The predicted octanol–water partition coefficient (Wildman–Crippen LogP) is 2.94. The molecular formula is C18H27NO4S. The minimum atomic E-state index is -3.45. The maximum Gasteiger partial charge on any atom is 0.221 e. The molecule has 134 valence electrons. The highest BCUT2D eigenvalue weighted by Crippen LogP contribution is 2.23. The Morgan fingerprint density at radius 2 is 1.83 bits per heavy atom. The predicted molar refractivity (Wildman–Crippen MR) is 93.8 cm³/mol. The van der Waals surface area contributed by atoms with Crippen molar-refractivity contribution in [3.8, 4) is 5.75 Å². The standard InChI is InChI=1S/C18H27NO4S/c1-14(2)23-16-7-9-17(10-8-16)24(21,22)12-11-18(20)19-13-15-5-3-4-6-15/h7-10,14-15H,3-6,11-13H2,1-2H3,(H,19,20). The van der Waals surface area contributed by atoms with E-state index in [1.54, 1.807) is 12.1 Å². The maximum absolute atomic E-state index is 12.3. The van der Waals surface area contributed by atoms with E-state index in [0.29, 0.717) is 18.2 Å². The monoisotopic (exact) mass is 353 g/mol. The van der Waals surface area contributed by atoms with Crippen molar-refractivity contribution >= 4 is 15.7 Å². The summed E-state index contributed by atoms with van der Waals surface area (Å²) in [6, 6.07) is 6.35. The molecule has 0 aliphatic heterocycles. The Hall–Kier alpha value is -1.56. The summed E-state index contributed by atoms with van der Waals surface area (Å²) in [6.07, 6.45) is 4.80. The van der Waals surface area contributed by atoms with Crippen LogP contribution >= 0.6 is 0 Å². The normalized spacial score (nSPS) is 15.6. The highest BCUT2D eigenvalue weighted by molar-refractivity contribution is 7.91. The van der Waals surface area contributed by atoms with E-state index in [4.69, 9.17) is 4.74 Å². The number of hydrogen-bond donors (Lipinski definition) is 1. The second-order valence-corrected chi connectivity index (χ2v) is 8.77. The van der Waals surface area contributed by atoms with E-state index in [2.05, 4.69) is 5.32 Å². The van der Waals surface area contributed by atoms with Gasteiger partial charge in [0.05, 0.1) is 16.8 Å². The molecule has 1 aromatic carbocycles. The van der Waals surface area contributed by atoms with Crippen LogP contribution < -0.4 is 10.1 Å². The van der Waals surface area contributed by atoms with Gasteiger partial charge in [0.1, 0.15) is 5.75 Å². The van der Waals surface area contributed by atoms with Gasteiger partial charge in [-0.15, -0.1) is 0 Å². The van der Waals surface area contributed by atoms with E-state index in [9.17, 15) is 13.2 Å². The largest absolute Gasteiger partial charge is 0.491 e. The van der Waals surface area contributed by atoms with Gasteiger partial charge in [-0.3, -0.25) is 4.79 Å². The summed E-state index contributed by atoms with van der Waals surface area (Å²) in [5, 5.41) is 2.86. The zero-order chi connectivity index (χ0) is 17.6. The first-order valence-electron chi connectivity index (χ1n) is 8.63. The van der Waals surface area contributed by atoms with Crippen molar-refractivity contribution in [2.24, 2.45) is 5.92 Å². The first-order valence-corrected chi connectivity index (χ1v) is 10.3. The Bertz CT molecular complexity index is 631. The topological polar surface area (TPSA) is 72.5 Å². The molecule has 2 rings (SSSR count). The molecule has 1 amide bonds. The Labute approximate surface area is 144 Å². The van der Waals surface area contributed by atoms with Gasteiger partial charge in [-0.05, 0) is 56.9 Å². The fraction of sp³-hybridized carbons (Fsp3) is 0.611. The third kappa shape index (κ3) is 5.82. The molecule has 0 atom stereocenters. The van der Waals surface area contributed by atoms with Crippen molar-refractivity contribution in [2.75, 3.05) is 12.3 Å². The van der Waals surface area contributed by atoms with Gasteiger partial charge in [-0.2, -0.15) is 0 Å². The number of ether oxygens (including phenoxy) is 1.